The highest BCUT2D eigenvalue weighted by atomic mass is 16.5. The van der Waals surface area contributed by atoms with Crippen molar-refractivity contribution in [1.29, 1.82) is 0 Å². The maximum Gasteiger partial charge on any atom is 0.261 e. The van der Waals surface area contributed by atoms with Gasteiger partial charge in [0.25, 0.3) is 5.56 Å². The third-order valence-electron chi connectivity index (χ3n) is 5.85. The molecule has 2 heterocycles. The van der Waals surface area contributed by atoms with Gasteiger partial charge in [-0.3, -0.25) is 14.3 Å². The zero-order valence-electron chi connectivity index (χ0n) is 19.6. The van der Waals surface area contributed by atoms with Crippen LogP contribution in [0.4, 0.5) is 0 Å². The molecule has 6 nitrogen and oxygen atoms in total. The number of aromatic nitrogens is 2. The molecule has 1 unspecified atom stereocenters. The fourth-order valence-electron chi connectivity index (χ4n) is 3.95. The van der Waals surface area contributed by atoms with Crippen LogP contribution in [-0.4, -0.2) is 52.1 Å². The minimum atomic E-state index is 0.0259. The van der Waals surface area contributed by atoms with Crippen molar-refractivity contribution in [1.82, 2.24) is 19.4 Å². The summed E-state index contributed by atoms with van der Waals surface area (Å²) < 4.78 is 6.90. The maximum absolute atomic E-state index is 12.6. The zero-order valence-corrected chi connectivity index (χ0v) is 19.6. The predicted molar refractivity (Wildman–Crippen MR) is 131 cm³/mol. The molecule has 0 bridgehead atoms. The van der Waals surface area contributed by atoms with Crippen molar-refractivity contribution in [2.24, 2.45) is 7.05 Å². The standard InChI is InChI=1S/C18H24N4O.C8H10O/c1-13(2)21-9-11-22(12-10-21)14(3)17-19-16-8-6-5-7-15(16)18(23)20(17)4;1-2-9-8-6-4-3-5-7-8/h5-8,14H,1,9-12H2,2-4H3;3-7H,2H2,1H3. The van der Waals surface area contributed by atoms with Crippen molar-refractivity contribution < 1.29 is 4.74 Å². The molecule has 1 atom stereocenters. The molecule has 4 rings (SSSR count). The highest BCUT2D eigenvalue weighted by Crippen LogP contribution is 2.21. The lowest BCUT2D eigenvalue weighted by Crippen LogP contribution is -2.47. The van der Waals surface area contributed by atoms with E-state index < -0.39 is 0 Å². The van der Waals surface area contributed by atoms with Gasteiger partial charge in [-0.15, -0.1) is 0 Å². The van der Waals surface area contributed by atoms with Gasteiger partial charge >= 0.3 is 0 Å². The van der Waals surface area contributed by atoms with E-state index in [1.165, 1.54) is 0 Å². The van der Waals surface area contributed by atoms with Gasteiger partial charge in [-0.1, -0.05) is 36.9 Å². The van der Waals surface area contributed by atoms with Gasteiger partial charge in [0.2, 0.25) is 0 Å². The lowest BCUT2D eigenvalue weighted by Gasteiger charge is -2.39. The second-order valence-corrected chi connectivity index (χ2v) is 8.03. The van der Waals surface area contributed by atoms with E-state index in [-0.39, 0.29) is 11.6 Å². The smallest absolute Gasteiger partial charge is 0.261 e. The van der Waals surface area contributed by atoms with Gasteiger partial charge in [-0.25, -0.2) is 4.98 Å². The normalized spacial score (nSPS) is 15.1. The summed E-state index contributed by atoms with van der Waals surface area (Å²) in [4.78, 5) is 22.0. The van der Waals surface area contributed by atoms with Gasteiger partial charge in [0.15, 0.2) is 0 Å². The van der Waals surface area contributed by atoms with E-state index in [0.29, 0.717) is 5.39 Å². The number of ether oxygens (including phenoxy) is 1. The topological polar surface area (TPSA) is 50.6 Å². The number of nitrogens with zero attached hydrogens (tertiary/aromatic N) is 4. The molecule has 3 aromatic rings. The van der Waals surface area contributed by atoms with E-state index in [0.717, 1.165) is 55.6 Å². The summed E-state index contributed by atoms with van der Waals surface area (Å²) in [5.41, 5.74) is 1.92. The Balaban J connectivity index is 0.000000269. The summed E-state index contributed by atoms with van der Waals surface area (Å²) in [6.45, 7) is 14.8. The largest absolute Gasteiger partial charge is 0.494 e. The van der Waals surface area contributed by atoms with Crippen LogP contribution in [0.15, 0.2) is 71.7 Å². The fraction of sp³-hybridized carbons (Fsp3) is 0.385. The molecule has 1 saturated heterocycles. The lowest BCUT2D eigenvalue weighted by molar-refractivity contribution is 0.117. The third kappa shape index (κ3) is 5.56. The van der Waals surface area contributed by atoms with E-state index in [1.807, 2.05) is 75.5 Å². The predicted octanol–water partition coefficient (Wildman–Crippen LogP) is 4.23. The summed E-state index contributed by atoms with van der Waals surface area (Å²) >= 11 is 0. The maximum atomic E-state index is 12.6. The zero-order chi connectivity index (χ0) is 23.1. The van der Waals surface area contributed by atoms with Crippen LogP contribution in [0, 0.1) is 0 Å². The number of rotatable bonds is 5. The van der Waals surface area contributed by atoms with E-state index >= 15 is 0 Å². The Morgan fingerprint density at radius 1 is 1.06 bits per heavy atom. The van der Waals surface area contributed by atoms with Crippen molar-refractivity contribution in [2.75, 3.05) is 32.8 Å². The average Bonchev–Trinajstić information content (AvgIpc) is 2.82. The highest BCUT2D eigenvalue weighted by molar-refractivity contribution is 5.77. The molecular weight excluding hydrogens is 400 g/mol. The number of hydrogen-bond donors (Lipinski definition) is 0. The molecule has 170 valence electrons. The van der Waals surface area contributed by atoms with E-state index in [4.69, 9.17) is 9.72 Å². The van der Waals surface area contributed by atoms with Crippen molar-refractivity contribution in [3.8, 4) is 5.75 Å². The number of allylic oxidation sites excluding steroid dienone is 1. The first-order chi connectivity index (χ1) is 15.4. The van der Waals surface area contributed by atoms with Crippen molar-refractivity contribution in [3.05, 3.63) is 83.1 Å². The van der Waals surface area contributed by atoms with Crippen LogP contribution in [0.1, 0.15) is 32.6 Å². The molecule has 0 amide bonds. The Labute approximate surface area is 190 Å². The van der Waals surface area contributed by atoms with Gasteiger partial charge < -0.3 is 9.64 Å². The summed E-state index contributed by atoms with van der Waals surface area (Å²) in [5.74, 6) is 1.78. The monoisotopic (exact) mass is 434 g/mol. The SMILES string of the molecule is C=C(C)N1CCN(C(C)c2nc3ccccc3c(=O)n2C)CC1.CCOc1ccccc1. The van der Waals surface area contributed by atoms with Crippen LogP contribution in [0.3, 0.4) is 0 Å². The molecule has 1 aliphatic rings. The molecule has 0 saturated carbocycles. The summed E-state index contributed by atoms with van der Waals surface area (Å²) in [5, 5.41) is 0.679. The van der Waals surface area contributed by atoms with Crippen LogP contribution in [0.2, 0.25) is 0 Å². The number of hydrogen-bond acceptors (Lipinski definition) is 5. The van der Waals surface area contributed by atoms with Crippen LogP contribution in [-0.2, 0) is 7.05 Å². The summed E-state index contributed by atoms with van der Waals surface area (Å²) in [7, 11) is 1.82. The Bertz CT molecular complexity index is 1090. The molecule has 1 aromatic heterocycles. The van der Waals surface area contributed by atoms with Crippen molar-refractivity contribution >= 4 is 10.9 Å². The highest BCUT2D eigenvalue weighted by Gasteiger charge is 2.24. The van der Waals surface area contributed by atoms with Gasteiger partial charge in [0.05, 0.1) is 23.6 Å². The molecule has 0 spiro atoms. The van der Waals surface area contributed by atoms with E-state index in [1.54, 1.807) is 4.57 Å². The minimum Gasteiger partial charge on any atom is -0.494 e. The number of para-hydroxylation sites is 2. The third-order valence-corrected chi connectivity index (χ3v) is 5.85. The molecule has 0 aliphatic carbocycles. The second kappa shape index (κ2) is 11.0. The first kappa shape index (κ1) is 23.5. The molecular formula is C26H34N4O2. The minimum absolute atomic E-state index is 0.0259. The van der Waals surface area contributed by atoms with E-state index in [2.05, 4.69) is 23.3 Å². The molecule has 32 heavy (non-hydrogen) atoms. The average molecular weight is 435 g/mol. The van der Waals surface area contributed by atoms with E-state index in [9.17, 15) is 4.79 Å². The molecule has 2 aromatic carbocycles. The van der Waals surface area contributed by atoms with Gasteiger partial charge in [-0.05, 0) is 45.0 Å². The lowest BCUT2D eigenvalue weighted by atomic mass is 10.2. The number of piperazine rings is 1. The number of fused-ring (bicyclic) bond motifs is 1. The molecule has 1 fully saturated rings. The van der Waals surface area contributed by atoms with Crippen LogP contribution in [0.5, 0.6) is 5.75 Å². The van der Waals surface area contributed by atoms with Crippen molar-refractivity contribution in [2.45, 2.75) is 26.8 Å². The molecule has 6 heteroatoms. The molecule has 1 aliphatic heterocycles. The summed E-state index contributed by atoms with van der Waals surface area (Å²) in [6.07, 6.45) is 0. The Morgan fingerprint density at radius 2 is 1.69 bits per heavy atom. The van der Waals surface area contributed by atoms with Gasteiger partial charge in [0.1, 0.15) is 11.6 Å². The van der Waals surface area contributed by atoms with Gasteiger partial charge in [0, 0.05) is 38.9 Å². The van der Waals surface area contributed by atoms with Crippen LogP contribution < -0.4 is 10.3 Å². The Hall–Kier alpha value is -3.12. The van der Waals surface area contributed by atoms with Crippen LogP contribution >= 0.6 is 0 Å². The first-order valence-corrected chi connectivity index (χ1v) is 11.2. The molecule has 0 radical (unpaired) electrons. The Kier molecular flexibility index (Phi) is 8.06. The van der Waals surface area contributed by atoms with Gasteiger partial charge in [-0.2, -0.15) is 0 Å². The fourth-order valence-corrected chi connectivity index (χ4v) is 3.95. The molecule has 0 N–H and O–H groups in total. The van der Waals surface area contributed by atoms with Crippen LogP contribution in [0.25, 0.3) is 10.9 Å². The van der Waals surface area contributed by atoms with Crippen molar-refractivity contribution in [3.63, 3.8) is 0 Å². The number of benzene rings is 2. The Morgan fingerprint density at radius 3 is 2.31 bits per heavy atom. The quantitative estimate of drug-likeness (QED) is 0.601. The summed E-state index contributed by atoms with van der Waals surface area (Å²) in [6, 6.07) is 17.5. The second-order valence-electron chi connectivity index (χ2n) is 8.03. The first-order valence-electron chi connectivity index (χ1n) is 11.2.